The molecule has 2 fully saturated rings. The van der Waals surface area contributed by atoms with E-state index in [0.29, 0.717) is 5.75 Å². The number of hydrogen-bond donors (Lipinski definition) is 0. The highest BCUT2D eigenvalue weighted by atomic mass is 79.9. The Balaban J connectivity index is 1.51. The molecule has 3 rings (SSSR count). The summed E-state index contributed by atoms with van der Waals surface area (Å²) >= 11 is 3.32. The zero-order chi connectivity index (χ0) is 12.8. The van der Waals surface area contributed by atoms with Crippen LogP contribution in [0.5, 0.6) is 5.75 Å². The predicted molar refractivity (Wildman–Crippen MR) is 63.0 cm³/mol. The van der Waals surface area contributed by atoms with Crippen LogP contribution in [0.25, 0.3) is 0 Å². The van der Waals surface area contributed by atoms with Crippen LogP contribution in [-0.2, 0) is 9.47 Å². The minimum atomic E-state index is -2.83. The van der Waals surface area contributed by atoms with E-state index in [2.05, 4.69) is 15.9 Å². The fraction of sp³-hybridized carbons (Fsp3) is 0.500. The minimum absolute atomic E-state index is 0.146. The van der Waals surface area contributed by atoms with Crippen LogP contribution < -0.4 is 4.74 Å². The molecule has 0 radical (unpaired) electrons. The number of alkyl halides is 2. The molecule has 18 heavy (non-hydrogen) atoms. The highest BCUT2D eigenvalue weighted by molar-refractivity contribution is 9.10. The van der Waals surface area contributed by atoms with Gasteiger partial charge in [0.15, 0.2) is 12.2 Å². The van der Waals surface area contributed by atoms with Crippen LogP contribution in [0.15, 0.2) is 28.7 Å². The lowest BCUT2D eigenvalue weighted by Gasteiger charge is -2.21. The molecule has 1 aromatic carbocycles. The van der Waals surface area contributed by atoms with Gasteiger partial charge in [-0.15, -0.1) is 0 Å². The lowest BCUT2D eigenvalue weighted by atomic mass is 10.3. The Hall–Kier alpha value is -0.720. The van der Waals surface area contributed by atoms with E-state index in [1.165, 1.54) is 0 Å². The fourth-order valence-corrected chi connectivity index (χ4v) is 2.16. The zero-order valence-electron chi connectivity index (χ0n) is 9.31. The second kappa shape index (κ2) is 4.43. The maximum absolute atomic E-state index is 13.0. The molecule has 1 aromatic rings. The molecule has 98 valence electrons. The van der Waals surface area contributed by atoms with Crippen molar-refractivity contribution in [1.82, 2.24) is 0 Å². The van der Waals surface area contributed by atoms with Gasteiger partial charge >= 0.3 is 5.92 Å². The third kappa shape index (κ3) is 2.24. The molecule has 1 saturated carbocycles. The molecule has 1 heterocycles. The van der Waals surface area contributed by atoms with E-state index in [1.54, 1.807) is 12.1 Å². The Morgan fingerprint density at radius 2 is 2.00 bits per heavy atom. The lowest BCUT2D eigenvalue weighted by Crippen LogP contribution is -2.33. The van der Waals surface area contributed by atoms with E-state index in [1.807, 2.05) is 12.1 Å². The van der Waals surface area contributed by atoms with E-state index in [-0.39, 0.29) is 13.2 Å². The molecule has 0 aromatic heterocycles. The summed E-state index contributed by atoms with van der Waals surface area (Å²) in [4.78, 5) is 0. The molecule has 1 aliphatic carbocycles. The van der Waals surface area contributed by atoms with Crippen molar-refractivity contribution < 1.29 is 23.0 Å². The summed E-state index contributed by atoms with van der Waals surface area (Å²) in [6.07, 6.45) is -2.59. The van der Waals surface area contributed by atoms with Gasteiger partial charge < -0.3 is 14.2 Å². The smallest absolute Gasteiger partial charge is 0.304 e. The molecular formula is C12H11BrF2O3. The third-order valence-corrected chi connectivity index (χ3v) is 3.50. The summed E-state index contributed by atoms with van der Waals surface area (Å²) in [5.41, 5.74) is 0. The molecule has 0 N–H and O–H groups in total. The number of halogens is 3. The van der Waals surface area contributed by atoms with Crippen LogP contribution >= 0.6 is 15.9 Å². The second-order valence-electron chi connectivity index (χ2n) is 4.37. The van der Waals surface area contributed by atoms with Crippen molar-refractivity contribution >= 4 is 15.9 Å². The van der Waals surface area contributed by atoms with Crippen LogP contribution in [0.4, 0.5) is 8.78 Å². The van der Waals surface area contributed by atoms with E-state index < -0.39 is 24.2 Å². The number of ether oxygens (including phenoxy) is 3. The van der Waals surface area contributed by atoms with Gasteiger partial charge in [0.05, 0.1) is 6.61 Å². The normalized spacial score (nSPS) is 32.7. The van der Waals surface area contributed by atoms with Crippen molar-refractivity contribution in [1.29, 1.82) is 0 Å². The maximum Gasteiger partial charge on any atom is 0.304 e. The van der Waals surface area contributed by atoms with Gasteiger partial charge in [-0.1, -0.05) is 15.9 Å². The van der Waals surface area contributed by atoms with Crippen LogP contribution in [-0.4, -0.2) is 37.4 Å². The Labute approximate surface area is 111 Å². The average Bonchev–Trinajstić information content (AvgIpc) is 2.91. The maximum atomic E-state index is 13.0. The summed E-state index contributed by atoms with van der Waals surface area (Å²) in [5.74, 6) is -2.15. The molecule has 6 heteroatoms. The van der Waals surface area contributed by atoms with Crippen molar-refractivity contribution in [2.24, 2.45) is 0 Å². The molecule has 1 aliphatic heterocycles. The van der Waals surface area contributed by atoms with Gasteiger partial charge in [-0.2, -0.15) is 0 Å². The molecule has 3 atom stereocenters. The Bertz CT molecular complexity index is 437. The number of rotatable bonds is 3. The van der Waals surface area contributed by atoms with Gasteiger partial charge in [0.25, 0.3) is 0 Å². The highest BCUT2D eigenvalue weighted by Crippen LogP contribution is 2.49. The van der Waals surface area contributed by atoms with E-state index >= 15 is 0 Å². The van der Waals surface area contributed by atoms with Gasteiger partial charge in [-0.25, -0.2) is 8.78 Å². The Morgan fingerprint density at radius 1 is 1.28 bits per heavy atom. The molecule has 0 bridgehead atoms. The molecule has 0 unspecified atom stereocenters. The summed E-state index contributed by atoms with van der Waals surface area (Å²) in [6, 6.07) is 7.28. The van der Waals surface area contributed by atoms with Crippen LogP contribution in [0.1, 0.15) is 0 Å². The van der Waals surface area contributed by atoms with Crippen LogP contribution in [0, 0.1) is 0 Å². The van der Waals surface area contributed by atoms with Crippen molar-refractivity contribution in [3.05, 3.63) is 28.7 Å². The highest BCUT2D eigenvalue weighted by Gasteiger charge is 2.73. The second-order valence-corrected chi connectivity index (χ2v) is 5.29. The minimum Gasteiger partial charge on any atom is -0.491 e. The summed E-state index contributed by atoms with van der Waals surface area (Å²) in [7, 11) is 0. The first-order chi connectivity index (χ1) is 8.57. The van der Waals surface area contributed by atoms with Gasteiger partial charge in [0.2, 0.25) is 0 Å². The standard InChI is InChI=1S/C12H11BrF2O3/c13-7-1-3-8(4-2-7)16-5-9-6-17-10-11(18-9)12(10,14)15/h1-4,9-11H,5-6H2/t9-,10-,11+/m0/s1. The largest absolute Gasteiger partial charge is 0.491 e. The predicted octanol–water partition coefficient (Wildman–Crippen LogP) is 2.63. The quantitative estimate of drug-likeness (QED) is 0.857. The topological polar surface area (TPSA) is 27.7 Å². The molecule has 0 amide bonds. The number of fused-ring (bicyclic) bond motifs is 1. The monoisotopic (exact) mass is 320 g/mol. The van der Waals surface area contributed by atoms with E-state index in [4.69, 9.17) is 14.2 Å². The summed E-state index contributed by atoms with van der Waals surface area (Å²) in [6.45, 7) is 0.355. The SMILES string of the molecule is FC1(F)[C@@H]2O[C@@H](COc3ccc(Br)cc3)CO[C@@H]21. The van der Waals surface area contributed by atoms with Crippen molar-refractivity contribution in [2.45, 2.75) is 24.2 Å². The molecule has 3 nitrogen and oxygen atoms in total. The average molecular weight is 321 g/mol. The first-order valence-corrected chi connectivity index (χ1v) is 6.40. The summed E-state index contributed by atoms with van der Waals surface area (Å²) < 4.78 is 42.6. The van der Waals surface area contributed by atoms with Gasteiger partial charge in [-0.3, -0.25) is 0 Å². The number of benzene rings is 1. The van der Waals surface area contributed by atoms with Crippen LogP contribution in [0.3, 0.4) is 0 Å². The Morgan fingerprint density at radius 3 is 2.67 bits per heavy atom. The first kappa shape index (κ1) is 12.3. The Kier molecular flexibility index (Phi) is 3.03. The van der Waals surface area contributed by atoms with E-state index in [9.17, 15) is 8.78 Å². The third-order valence-electron chi connectivity index (χ3n) is 2.97. The lowest BCUT2D eigenvalue weighted by molar-refractivity contribution is -0.106. The zero-order valence-corrected chi connectivity index (χ0v) is 10.9. The fourth-order valence-electron chi connectivity index (χ4n) is 1.90. The number of hydrogen-bond acceptors (Lipinski definition) is 3. The van der Waals surface area contributed by atoms with Crippen molar-refractivity contribution in [3.63, 3.8) is 0 Å². The van der Waals surface area contributed by atoms with Crippen LogP contribution in [0.2, 0.25) is 0 Å². The van der Waals surface area contributed by atoms with Crippen molar-refractivity contribution in [2.75, 3.05) is 13.2 Å². The van der Waals surface area contributed by atoms with Gasteiger partial charge in [0, 0.05) is 4.47 Å². The first-order valence-electron chi connectivity index (χ1n) is 5.60. The van der Waals surface area contributed by atoms with Crippen molar-refractivity contribution in [3.8, 4) is 5.75 Å². The van der Waals surface area contributed by atoms with Gasteiger partial charge in [-0.05, 0) is 24.3 Å². The van der Waals surface area contributed by atoms with E-state index in [0.717, 1.165) is 4.47 Å². The van der Waals surface area contributed by atoms with Gasteiger partial charge in [0.1, 0.15) is 18.5 Å². The summed E-state index contributed by atoms with van der Waals surface area (Å²) in [5, 5.41) is 0. The molecule has 1 saturated heterocycles. The molecule has 2 aliphatic rings. The molecule has 0 spiro atoms. The molecular weight excluding hydrogens is 310 g/mol.